The normalized spacial score (nSPS) is 13.4. The molecule has 8 heteroatoms. The maximum absolute atomic E-state index is 5.73. The Balaban J connectivity index is 1.86. The highest BCUT2D eigenvalue weighted by Crippen LogP contribution is 2.36. The number of aromatic nitrogens is 3. The van der Waals surface area contributed by atoms with Crippen LogP contribution in [0.5, 0.6) is 11.5 Å². The largest absolute Gasteiger partial charge is 0.486 e. The molecule has 0 amide bonds. The minimum atomic E-state index is 0.0695. The van der Waals surface area contributed by atoms with Gasteiger partial charge in [-0.15, -0.1) is 0 Å². The third-order valence-corrected chi connectivity index (χ3v) is 3.48. The second kappa shape index (κ2) is 5.40. The van der Waals surface area contributed by atoms with Crippen molar-refractivity contribution in [2.75, 3.05) is 13.2 Å². The Bertz CT molecular complexity index is 607. The molecule has 0 saturated carbocycles. The van der Waals surface area contributed by atoms with Crippen molar-refractivity contribution in [1.82, 2.24) is 15.0 Å². The van der Waals surface area contributed by atoms with E-state index in [1.165, 1.54) is 11.8 Å². The lowest BCUT2D eigenvalue weighted by atomic mass is 10.3. The monoisotopic (exact) mass is 315 g/mol. The van der Waals surface area contributed by atoms with Gasteiger partial charge in [0, 0.05) is 4.90 Å². The number of ether oxygens (including phenoxy) is 2. The van der Waals surface area contributed by atoms with Crippen molar-refractivity contribution >= 4 is 35.0 Å². The van der Waals surface area contributed by atoms with Gasteiger partial charge in [0.05, 0.1) is 0 Å². The summed E-state index contributed by atoms with van der Waals surface area (Å²) in [6.45, 7) is 1.11. The summed E-state index contributed by atoms with van der Waals surface area (Å²) < 4.78 is 11.0. The maximum Gasteiger partial charge on any atom is 0.227 e. The second-order valence-electron chi connectivity index (χ2n) is 3.56. The third-order valence-electron chi connectivity index (χ3n) is 2.28. The fourth-order valence-corrected chi connectivity index (χ4v) is 2.79. The van der Waals surface area contributed by atoms with Gasteiger partial charge in [0.25, 0.3) is 0 Å². The number of hydrogen-bond donors (Lipinski definition) is 0. The number of fused-ring (bicyclic) bond motifs is 1. The Labute approximate surface area is 123 Å². The first-order valence-corrected chi connectivity index (χ1v) is 6.92. The van der Waals surface area contributed by atoms with Crippen molar-refractivity contribution < 1.29 is 9.47 Å². The van der Waals surface area contributed by atoms with Crippen LogP contribution in [0.4, 0.5) is 0 Å². The lowest BCUT2D eigenvalue weighted by molar-refractivity contribution is 0.171. The van der Waals surface area contributed by atoms with Crippen LogP contribution in [0.1, 0.15) is 0 Å². The summed E-state index contributed by atoms with van der Waals surface area (Å²) in [7, 11) is 0. The van der Waals surface area contributed by atoms with Gasteiger partial charge < -0.3 is 9.47 Å². The zero-order valence-corrected chi connectivity index (χ0v) is 11.8. The van der Waals surface area contributed by atoms with Gasteiger partial charge in [0.1, 0.15) is 13.2 Å². The minimum absolute atomic E-state index is 0.0695. The van der Waals surface area contributed by atoms with Crippen LogP contribution in [-0.2, 0) is 0 Å². The first-order chi connectivity index (χ1) is 9.20. The molecule has 2 aromatic rings. The molecule has 2 heterocycles. The molecule has 0 aliphatic carbocycles. The molecule has 0 N–H and O–H groups in total. The van der Waals surface area contributed by atoms with Crippen molar-refractivity contribution in [3.05, 3.63) is 28.8 Å². The Hall–Kier alpha value is -1.24. The van der Waals surface area contributed by atoms with E-state index in [0.29, 0.717) is 24.1 Å². The molecule has 0 unspecified atom stereocenters. The van der Waals surface area contributed by atoms with E-state index in [2.05, 4.69) is 15.0 Å². The molecule has 98 valence electrons. The van der Waals surface area contributed by atoms with Crippen LogP contribution < -0.4 is 9.47 Å². The molecular weight excluding hydrogens is 309 g/mol. The fraction of sp³-hybridized carbons (Fsp3) is 0.182. The predicted molar refractivity (Wildman–Crippen MR) is 71.4 cm³/mol. The minimum Gasteiger partial charge on any atom is -0.486 e. The highest BCUT2D eigenvalue weighted by molar-refractivity contribution is 7.99. The molecule has 0 saturated heterocycles. The molecule has 1 aliphatic rings. The van der Waals surface area contributed by atoms with Gasteiger partial charge in [-0.1, -0.05) is 0 Å². The van der Waals surface area contributed by atoms with E-state index >= 15 is 0 Å². The Morgan fingerprint density at radius 1 is 0.947 bits per heavy atom. The zero-order valence-electron chi connectivity index (χ0n) is 9.47. The molecule has 0 radical (unpaired) electrons. The van der Waals surface area contributed by atoms with E-state index in [9.17, 15) is 0 Å². The molecule has 19 heavy (non-hydrogen) atoms. The zero-order chi connectivity index (χ0) is 13.2. The quantitative estimate of drug-likeness (QED) is 0.848. The summed E-state index contributed by atoms with van der Waals surface area (Å²) >= 11 is 12.8. The second-order valence-corrected chi connectivity index (χ2v) is 5.28. The van der Waals surface area contributed by atoms with E-state index in [4.69, 9.17) is 32.7 Å². The van der Waals surface area contributed by atoms with Crippen LogP contribution in [0.15, 0.2) is 28.3 Å². The maximum atomic E-state index is 5.73. The van der Waals surface area contributed by atoms with Crippen LogP contribution in [-0.4, -0.2) is 28.2 Å². The Kier molecular flexibility index (Phi) is 3.63. The lowest BCUT2D eigenvalue weighted by Gasteiger charge is -2.18. The van der Waals surface area contributed by atoms with Gasteiger partial charge in [0.2, 0.25) is 10.6 Å². The lowest BCUT2D eigenvalue weighted by Crippen LogP contribution is -2.15. The molecule has 1 aromatic carbocycles. The predicted octanol–water partition coefficient (Wildman–Crippen LogP) is 3.10. The topological polar surface area (TPSA) is 57.1 Å². The highest BCUT2D eigenvalue weighted by Gasteiger charge is 2.13. The van der Waals surface area contributed by atoms with Crippen LogP contribution in [0, 0.1) is 0 Å². The number of benzene rings is 1. The molecule has 0 bridgehead atoms. The third kappa shape index (κ3) is 3.02. The standard InChI is InChI=1S/C11H7Cl2N3O2S/c12-9-14-10(13)16-11(15-9)19-6-1-2-7-8(5-6)18-4-3-17-7/h1-2,5H,3-4H2. The van der Waals surface area contributed by atoms with Gasteiger partial charge in [0.15, 0.2) is 16.7 Å². The molecular formula is C11H7Cl2N3O2S. The van der Waals surface area contributed by atoms with Crippen LogP contribution in [0.3, 0.4) is 0 Å². The summed E-state index contributed by atoms with van der Waals surface area (Å²) in [4.78, 5) is 12.6. The van der Waals surface area contributed by atoms with Gasteiger partial charge in [-0.2, -0.15) is 15.0 Å². The number of halogens is 2. The van der Waals surface area contributed by atoms with E-state index in [0.717, 1.165) is 10.6 Å². The van der Waals surface area contributed by atoms with Crippen molar-refractivity contribution in [1.29, 1.82) is 0 Å². The Morgan fingerprint density at radius 3 is 2.37 bits per heavy atom. The SMILES string of the molecule is Clc1nc(Cl)nc(Sc2ccc3c(c2)OCCO3)n1. The summed E-state index contributed by atoms with van der Waals surface area (Å²) in [5.74, 6) is 1.45. The van der Waals surface area contributed by atoms with Gasteiger partial charge in [-0.25, -0.2) is 0 Å². The summed E-state index contributed by atoms with van der Waals surface area (Å²) in [6.07, 6.45) is 0. The van der Waals surface area contributed by atoms with Crippen molar-refractivity contribution in [2.45, 2.75) is 10.1 Å². The number of nitrogens with zero attached hydrogens (tertiary/aromatic N) is 3. The van der Waals surface area contributed by atoms with Crippen LogP contribution in [0.2, 0.25) is 10.6 Å². The van der Waals surface area contributed by atoms with Gasteiger partial charge in [-0.3, -0.25) is 0 Å². The summed E-state index contributed by atoms with van der Waals surface area (Å²) in [5.41, 5.74) is 0. The van der Waals surface area contributed by atoms with Crippen LogP contribution >= 0.6 is 35.0 Å². The van der Waals surface area contributed by atoms with Crippen molar-refractivity contribution in [3.63, 3.8) is 0 Å². The first-order valence-electron chi connectivity index (χ1n) is 5.35. The molecule has 3 rings (SSSR count). The molecule has 0 spiro atoms. The molecule has 1 aliphatic heterocycles. The number of hydrogen-bond acceptors (Lipinski definition) is 6. The smallest absolute Gasteiger partial charge is 0.227 e. The highest BCUT2D eigenvalue weighted by atomic mass is 35.5. The van der Waals surface area contributed by atoms with Gasteiger partial charge in [-0.05, 0) is 53.2 Å². The Morgan fingerprint density at radius 2 is 1.63 bits per heavy atom. The summed E-state index contributed by atoms with van der Waals surface area (Å²) in [6, 6.07) is 5.61. The van der Waals surface area contributed by atoms with E-state index in [-0.39, 0.29) is 10.6 Å². The molecule has 5 nitrogen and oxygen atoms in total. The van der Waals surface area contributed by atoms with E-state index in [1.54, 1.807) is 0 Å². The van der Waals surface area contributed by atoms with Crippen molar-refractivity contribution in [2.24, 2.45) is 0 Å². The summed E-state index contributed by atoms with van der Waals surface area (Å²) in [5, 5.41) is 0.571. The molecule has 0 atom stereocenters. The van der Waals surface area contributed by atoms with Crippen LogP contribution in [0.25, 0.3) is 0 Å². The van der Waals surface area contributed by atoms with Crippen molar-refractivity contribution in [3.8, 4) is 11.5 Å². The molecule has 1 aromatic heterocycles. The average Bonchev–Trinajstić information content (AvgIpc) is 2.37. The molecule has 0 fully saturated rings. The van der Waals surface area contributed by atoms with E-state index in [1.807, 2.05) is 18.2 Å². The number of rotatable bonds is 2. The van der Waals surface area contributed by atoms with E-state index < -0.39 is 0 Å². The first kappa shape index (κ1) is 12.8. The van der Waals surface area contributed by atoms with Gasteiger partial charge >= 0.3 is 0 Å². The fourth-order valence-electron chi connectivity index (χ4n) is 1.55. The average molecular weight is 316 g/mol.